The van der Waals surface area contributed by atoms with Gasteiger partial charge in [-0.05, 0) is 66.7 Å². The van der Waals surface area contributed by atoms with Crippen LogP contribution in [0.1, 0.15) is 58.2 Å². The lowest BCUT2D eigenvalue weighted by atomic mass is 9.75. The Hall–Kier alpha value is -2.42. The Morgan fingerprint density at radius 2 is 1.93 bits per heavy atom. The molecule has 0 saturated heterocycles. The Morgan fingerprint density at radius 1 is 1.10 bits per heavy atom. The van der Waals surface area contributed by atoms with Crippen molar-refractivity contribution >= 4 is 11.9 Å². The fourth-order valence-corrected chi connectivity index (χ4v) is 4.99. The van der Waals surface area contributed by atoms with Gasteiger partial charge in [0.15, 0.2) is 0 Å². The summed E-state index contributed by atoms with van der Waals surface area (Å²) in [5, 5.41) is 3.59. The van der Waals surface area contributed by atoms with Crippen LogP contribution < -0.4 is 5.32 Å². The number of aliphatic imine (C=N–C) groups is 1. The molecule has 2 heterocycles. The molecule has 1 N–H and O–H groups in total. The van der Waals surface area contributed by atoms with Crippen molar-refractivity contribution in [1.82, 2.24) is 4.98 Å². The van der Waals surface area contributed by atoms with Gasteiger partial charge in [0.25, 0.3) is 0 Å². The number of anilines is 1. The molecule has 0 saturated carbocycles. The molecule has 0 radical (unpaired) electrons. The summed E-state index contributed by atoms with van der Waals surface area (Å²) in [4.78, 5) is 10.1. The van der Waals surface area contributed by atoms with E-state index in [-0.39, 0.29) is 6.04 Å². The second kappa shape index (κ2) is 9.16. The molecule has 3 heteroatoms. The number of aryl methyl sites for hydroxylation is 1. The maximum absolute atomic E-state index is 5.11. The highest BCUT2D eigenvalue weighted by Crippen LogP contribution is 2.36. The van der Waals surface area contributed by atoms with Gasteiger partial charge in [0.1, 0.15) is 0 Å². The van der Waals surface area contributed by atoms with E-state index in [0.29, 0.717) is 17.8 Å². The third kappa shape index (κ3) is 4.35. The van der Waals surface area contributed by atoms with Crippen LogP contribution in [0.15, 0.2) is 53.0 Å². The Bertz CT molecular complexity index is 939. The number of para-hydroxylation sites is 1. The summed E-state index contributed by atoms with van der Waals surface area (Å²) in [5.74, 6) is 1.78. The Kier molecular flexibility index (Phi) is 6.36. The van der Waals surface area contributed by atoms with Gasteiger partial charge in [0, 0.05) is 24.0 Å². The number of fused-ring (bicyclic) bond motifs is 1. The van der Waals surface area contributed by atoms with Crippen molar-refractivity contribution in [2.24, 2.45) is 22.7 Å². The molecular weight excluding hydrogens is 366 g/mol. The van der Waals surface area contributed by atoms with E-state index in [1.165, 1.54) is 41.6 Å². The third-order valence-electron chi connectivity index (χ3n) is 6.64. The fraction of sp³-hybridized carbons (Fsp3) is 0.481. The van der Waals surface area contributed by atoms with Crippen molar-refractivity contribution in [1.29, 1.82) is 0 Å². The number of nitrogens with zero attached hydrogens (tertiary/aromatic N) is 2. The molecule has 1 aliphatic heterocycles. The number of allylic oxidation sites excluding steroid dienone is 1. The van der Waals surface area contributed by atoms with Crippen molar-refractivity contribution in [2.75, 3.05) is 11.9 Å². The Morgan fingerprint density at radius 3 is 2.73 bits per heavy atom. The highest BCUT2D eigenvalue weighted by molar-refractivity contribution is 5.82. The highest BCUT2D eigenvalue weighted by atomic mass is 14.9. The van der Waals surface area contributed by atoms with Crippen LogP contribution in [0.5, 0.6) is 0 Å². The second-order valence-corrected chi connectivity index (χ2v) is 9.38. The van der Waals surface area contributed by atoms with Crippen LogP contribution in [0.3, 0.4) is 0 Å². The molecule has 30 heavy (non-hydrogen) atoms. The monoisotopic (exact) mass is 401 g/mol. The molecule has 158 valence electrons. The first-order valence-corrected chi connectivity index (χ1v) is 11.6. The van der Waals surface area contributed by atoms with Crippen LogP contribution in [-0.4, -0.2) is 23.8 Å². The molecule has 3 nitrogen and oxygen atoms in total. The topological polar surface area (TPSA) is 37.3 Å². The van der Waals surface area contributed by atoms with Crippen LogP contribution in [0.2, 0.25) is 0 Å². The van der Waals surface area contributed by atoms with Gasteiger partial charge in [-0.1, -0.05) is 58.0 Å². The number of hydrogen-bond donors (Lipinski definition) is 1. The first-order valence-electron chi connectivity index (χ1n) is 11.6. The quantitative estimate of drug-likeness (QED) is 0.456. The van der Waals surface area contributed by atoms with Gasteiger partial charge in [0.05, 0.1) is 17.4 Å². The first kappa shape index (κ1) is 20.8. The predicted octanol–water partition coefficient (Wildman–Crippen LogP) is 6.54. The van der Waals surface area contributed by atoms with Crippen molar-refractivity contribution in [3.63, 3.8) is 0 Å². The lowest BCUT2D eigenvalue weighted by molar-refractivity contribution is 0.301. The molecule has 2 aromatic rings. The van der Waals surface area contributed by atoms with Crippen molar-refractivity contribution < 1.29 is 0 Å². The van der Waals surface area contributed by atoms with E-state index in [4.69, 9.17) is 9.98 Å². The fourth-order valence-electron chi connectivity index (χ4n) is 4.99. The van der Waals surface area contributed by atoms with Crippen LogP contribution in [0.4, 0.5) is 5.69 Å². The van der Waals surface area contributed by atoms with Crippen LogP contribution >= 0.6 is 0 Å². The van der Waals surface area contributed by atoms with E-state index >= 15 is 0 Å². The lowest BCUT2D eigenvalue weighted by Crippen LogP contribution is -2.30. The van der Waals surface area contributed by atoms with E-state index in [1.54, 1.807) is 0 Å². The summed E-state index contributed by atoms with van der Waals surface area (Å²) >= 11 is 0. The molecule has 1 aliphatic carbocycles. The summed E-state index contributed by atoms with van der Waals surface area (Å²) in [6.45, 7) is 10.3. The number of aromatic nitrogens is 1. The van der Waals surface area contributed by atoms with Gasteiger partial charge >= 0.3 is 0 Å². The molecule has 2 aliphatic rings. The summed E-state index contributed by atoms with van der Waals surface area (Å²) in [6.07, 6.45) is 9.18. The number of nitrogens with one attached hydrogen (secondary N) is 1. The largest absolute Gasteiger partial charge is 0.384 e. The van der Waals surface area contributed by atoms with Crippen molar-refractivity contribution in [3.8, 4) is 11.3 Å². The average molecular weight is 402 g/mol. The van der Waals surface area contributed by atoms with Crippen molar-refractivity contribution in [2.45, 2.75) is 59.4 Å². The van der Waals surface area contributed by atoms with E-state index in [0.717, 1.165) is 24.4 Å². The average Bonchev–Trinajstić information content (AvgIpc) is 2.77. The number of rotatable bonds is 5. The number of benzene rings is 1. The minimum atomic E-state index is 0.273. The molecule has 0 bridgehead atoms. The SMILES string of the molecule is CC(C)C1=CCCC(C(C)C)C1N=Cc1cccc(-c2cccc3c2NCCC3)n1. The molecule has 2 unspecified atom stereocenters. The van der Waals surface area contributed by atoms with Crippen molar-refractivity contribution in [3.05, 3.63) is 59.3 Å². The molecular formula is C27H35N3. The molecule has 4 rings (SSSR count). The Labute approximate surface area is 181 Å². The molecule has 1 aromatic heterocycles. The first-order chi connectivity index (χ1) is 14.5. The van der Waals surface area contributed by atoms with Gasteiger partial charge in [-0.3, -0.25) is 4.99 Å². The lowest BCUT2D eigenvalue weighted by Gasteiger charge is -2.34. The number of hydrogen-bond acceptors (Lipinski definition) is 3. The van der Waals surface area contributed by atoms with E-state index in [9.17, 15) is 0 Å². The zero-order valence-electron chi connectivity index (χ0n) is 18.9. The van der Waals surface area contributed by atoms with Gasteiger partial charge in [0.2, 0.25) is 0 Å². The van der Waals surface area contributed by atoms with Gasteiger partial charge in [-0.15, -0.1) is 0 Å². The smallest absolute Gasteiger partial charge is 0.0815 e. The molecule has 0 spiro atoms. The summed E-state index contributed by atoms with van der Waals surface area (Å²) in [6, 6.07) is 13.1. The van der Waals surface area contributed by atoms with E-state index < -0.39 is 0 Å². The minimum absolute atomic E-state index is 0.273. The maximum atomic E-state index is 5.11. The van der Waals surface area contributed by atoms with E-state index in [2.05, 4.69) is 75.5 Å². The zero-order chi connectivity index (χ0) is 21.1. The normalized spacial score (nSPS) is 21.6. The minimum Gasteiger partial charge on any atom is -0.384 e. The van der Waals surface area contributed by atoms with E-state index in [1.807, 2.05) is 6.21 Å². The molecule has 0 amide bonds. The standard InChI is InChI=1S/C27H35N3/c1-18(2)22-12-7-13-23(19(3)4)27(22)29-17-21-11-6-15-25(30-21)24-14-5-9-20-10-8-16-28-26(20)24/h5-6,9,11-12,14-15,17-19,23,27-28H,7-8,10,13,16H2,1-4H3. The van der Waals surface area contributed by atoms with Gasteiger partial charge in [-0.25, -0.2) is 4.98 Å². The molecule has 2 atom stereocenters. The van der Waals surface area contributed by atoms with Crippen LogP contribution in [0, 0.1) is 17.8 Å². The second-order valence-electron chi connectivity index (χ2n) is 9.38. The van der Waals surface area contributed by atoms with Gasteiger partial charge < -0.3 is 5.32 Å². The van der Waals surface area contributed by atoms with Crippen LogP contribution in [-0.2, 0) is 6.42 Å². The summed E-state index contributed by atoms with van der Waals surface area (Å²) < 4.78 is 0. The number of pyridine rings is 1. The van der Waals surface area contributed by atoms with Gasteiger partial charge in [-0.2, -0.15) is 0 Å². The molecule has 1 aromatic carbocycles. The summed E-state index contributed by atoms with van der Waals surface area (Å²) in [5.41, 5.74) is 7.30. The molecule has 0 fully saturated rings. The Balaban J connectivity index is 1.64. The third-order valence-corrected chi connectivity index (χ3v) is 6.64. The zero-order valence-corrected chi connectivity index (χ0v) is 18.9. The highest BCUT2D eigenvalue weighted by Gasteiger charge is 2.30. The predicted molar refractivity (Wildman–Crippen MR) is 128 cm³/mol. The summed E-state index contributed by atoms with van der Waals surface area (Å²) in [7, 11) is 0. The maximum Gasteiger partial charge on any atom is 0.0815 e. The van der Waals surface area contributed by atoms with Crippen LogP contribution in [0.25, 0.3) is 11.3 Å².